The Bertz CT molecular complexity index is 1760. The minimum absolute atomic E-state index is 0.0102. The minimum atomic E-state index is -4.04. The van der Waals surface area contributed by atoms with Crippen LogP contribution >= 0.6 is 0 Å². The molecule has 10 nitrogen and oxygen atoms in total. The molecule has 13 heteroatoms. The van der Waals surface area contributed by atoms with Gasteiger partial charge in [-0.15, -0.1) is 0 Å². The van der Waals surface area contributed by atoms with Crippen LogP contribution in [-0.4, -0.2) is 34.3 Å². The fourth-order valence-electron chi connectivity index (χ4n) is 4.41. The summed E-state index contributed by atoms with van der Waals surface area (Å²) in [5.74, 6) is -2.53. The minimum Gasteiger partial charge on any atom is -0.595 e. The van der Waals surface area contributed by atoms with Crippen molar-refractivity contribution in [2.45, 2.75) is 31.6 Å². The number of halogens is 2. The van der Waals surface area contributed by atoms with E-state index < -0.39 is 50.1 Å². The van der Waals surface area contributed by atoms with Gasteiger partial charge in [-0.25, -0.2) is 27.1 Å². The molecule has 1 aliphatic carbocycles. The zero-order valence-corrected chi connectivity index (χ0v) is 20.7. The van der Waals surface area contributed by atoms with Gasteiger partial charge < -0.3 is 14.8 Å². The van der Waals surface area contributed by atoms with E-state index in [9.17, 15) is 37.2 Å². The van der Waals surface area contributed by atoms with E-state index in [2.05, 4.69) is 4.98 Å². The smallest absolute Gasteiger partial charge is 0.282 e. The van der Waals surface area contributed by atoms with E-state index in [1.807, 2.05) is 4.72 Å². The highest BCUT2D eigenvalue weighted by atomic mass is 32.2. The van der Waals surface area contributed by atoms with Gasteiger partial charge in [-0.3, -0.25) is 9.59 Å². The fraction of sp³-hybridized carbons (Fsp3) is 0.200. The van der Waals surface area contributed by atoms with Crippen molar-refractivity contribution in [2.24, 2.45) is 0 Å². The molecule has 2 aromatic carbocycles. The lowest BCUT2D eigenvalue weighted by Crippen LogP contribution is -2.99. The molecule has 0 bridgehead atoms. The molecule has 1 atom stereocenters. The van der Waals surface area contributed by atoms with Gasteiger partial charge in [0.25, 0.3) is 11.5 Å². The van der Waals surface area contributed by atoms with E-state index >= 15 is 0 Å². The number of amides is 1. The quantitative estimate of drug-likeness (QED) is 0.262. The molecule has 1 fully saturated rings. The third-order valence-corrected chi connectivity index (χ3v) is 8.28. The van der Waals surface area contributed by atoms with E-state index in [4.69, 9.17) is 0 Å². The molecule has 4 N–H and O–H groups in total. The number of sulfonamides is 1. The van der Waals surface area contributed by atoms with E-state index in [0.717, 1.165) is 24.3 Å². The lowest BCUT2D eigenvalue weighted by atomic mass is 10.0. The van der Waals surface area contributed by atoms with Crippen molar-refractivity contribution in [2.75, 3.05) is 0 Å². The van der Waals surface area contributed by atoms with Crippen molar-refractivity contribution in [3.8, 4) is 11.1 Å². The highest BCUT2D eigenvalue weighted by Gasteiger charge is 2.38. The predicted molar refractivity (Wildman–Crippen MR) is 133 cm³/mol. The summed E-state index contributed by atoms with van der Waals surface area (Å²) >= 11 is 0. The van der Waals surface area contributed by atoms with Crippen molar-refractivity contribution >= 4 is 32.5 Å². The maximum Gasteiger partial charge on any atom is 0.282 e. The molecular formula is C25H22F2N4O6S. The molecule has 5 rings (SSSR count). The van der Waals surface area contributed by atoms with Gasteiger partial charge in [0.2, 0.25) is 10.0 Å². The Balaban J connectivity index is 1.82. The van der Waals surface area contributed by atoms with Gasteiger partial charge in [-0.2, -0.15) is 5.23 Å². The lowest BCUT2D eigenvalue weighted by molar-refractivity contribution is -0.991. The second-order valence-corrected chi connectivity index (χ2v) is 11.1. The average Bonchev–Trinajstić information content (AvgIpc) is 3.67. The Kier molecular flexibility index (Phi) is 6.39. The average molecular weight is 545 g/mol. The first-order valence-electron chi connectivity index (χ1n) is 11.6. The van der Waals surface area contributed by atoms with Gasteiger partial charge in [0.05, 0.1) is 17.3 Å². The molecule has 0 aliphatic heterocycles. The second kappa shape index (κ2) is 9.44. The summed E-state index contributed by atoms with van der Waals surface area (Å²) in [6, 6.07) is 8.56. The maximum atomic E-state index is 14.8. The molecule has 0 unspecified atom stereocenters. The van der Waals surface area contributed by atoms with Gasteiger partial charge in [0.15, 0.2) is 5.69 Å². The second-order valence-electron chi connectivity index (χ2n) is 9.13. The van der Waals surface area contributed by atoms with E-state index in [-0.39, 0.29) is 44.5 Å². The van der Waals surface area contributed by atoms with Crippen LogP contribution in [0.3, 0.4) is 0 Å². The monoisotopic (exact) mass is 544 g/mol. The summed E-state index contributed by atoms with van der Waals surface area (Å²) < 4.78 is 58.2. The van der Waals surface area contributed by atoms with Gasteiger partial charge in [-0.05, 0) is 55.7 Å². The Morgan fingerprint density at radius 1 is 1.21 bits per heavy atom. The van der Waals surface area contributed by atoms with Crippen LogP contribution in [0.1, 0.15) is 34.5 Å². The normalized spacial score (nSPS) is 14.6. The fourth-order valence-corrected chi connectivity index (χ4v) is 5.69. The van der Waals surface area contributed by atoms with Crippen LogP contribution in [0, 0.1) is 23.8 Å². The number of carbonyl (C=O) groups is 1. The zero-order valence-electron chi connectivity index (χ0n) is 19.9. The van der Waals surface area contributed by atoms with E-state index in [0.29, 0.717) is 12.8 Å². The van der Waals surface area contributed by atoms with Crippen LogP contribution in [0.15, 0.2) is 53.5 Å². The first kappa shape index (κ1) is 25.7. The van der Waals surface area contributed by atoms with Gasteiger partial charge in [-0.1, -0.05) is 0 Å². The third-order valence-electron chi connectivity index (χ3n) is 6.47. The molecular weight excluding hydrogens is 522 g/mol. The molecule has 0 radical (unpaired) electrons. The number of benzene rings is 2. The Labute approximate surface area is 214 Å². The molecule has 0 spiro atoms. The number of carbonyl (C=O) groups excluding carboxylic acids is 1. The topological polar surface area (TPSA) is 149 Å². The van der Waals surface area contributed by atoms with Crippen LogP contribution in [0.25, 0.3) is 22.0 Å². The summed E-state index contributed by atoms with van der Waals surface area (Å²) in [7, 11) is -4.04. The number of nitrogens with one attached hydrogen (secondary N) is 3. The largest absolute Gasteiger partial charge is 0.595 e. The molecule has 1 saturated carbocycles. The number of hydrogen-bond acceptors (Lipinski definition) is 6. The van der Waals surface area contributed by atoms with Crippen molar-refractivity contribution in [3.63, 3.8) is 0 Å². The number of aromatic amines is 1. The van der Waals surface area contributed by atoms with Gasteiger partial charge in [0, 0.05) is 40.4 Å². The number of fused-ring (bicyclic) bond motifs is 1. The Hall–Kier alpha value is -3.91. The van der Waals surface area contributed by atoms with Crippen LogP contribution < -0.4 is 15.5 Å². The summed E-state index contributed by atoms with van der Waals surface area (Å²) in [6.07, 6.45) is 2.14. The molecule has 1 amide bonds. The number of quaternary nitrogens is 1. The van der Waals surface area contributed by atoms with Crippen molar-refractivity contribution in [3.05, 3.63) is 92.7 Å². The van der Waals surface area contributed by atoms with Crippen LogP contribution in [0.5, 0.6) is 0 Å². The Morgan fingerprint density at radius 3 is 2.61 bits per heavy atom. The number of hydrogen-bond donors (Lipinski definition) is 4. The molecule has 4 aromatic rings. The van der Waals surface area contributed by atoms with Crippen LogP contribution in [0.2, 0.25) is 0 Å². The first-order valence-corrected chi connectivity index (χ1v) is 13.1. The van der Waals surface area contributed by atoms with Crippen molar-refractivity contribution in [1.29, 1.82) is 0 Å². The van der Waals surface area contributed by atoms with E-state index in [1.54, 1.807) is 0 Å². The SMILES string of the molecule is Cc1cc2c(-c3ccc[nH]c3=O)c(C(=O)NS(=O)(=O)C3CC3)n(Cc3cc([N@H+]([O-])O)ccc3F)c2cc1F. The molecule has 38 heavy (non-hydrogen) atoms. The first-order chi connectivity index (χ1) is 18.0. The highest BCUT2D eigenvalue weighted by molar-refractivity contribution is 7.91. The zero-order chi connectivity index (χ0) is 27.4. The van der Waals surface area contributed by atoms with Gasteiger partial charge in [0.1, 0.15) is 17.3 Å². The van der Waals surface area contributed by atoms with E-state index in [1.165, 1.54) is 35.9 Å². The molecule has 2 heterocycles. The lowest BCUT2D eigenvalue weighted by Gasteiger charge is -2.16. The van der Waals surface area contributed by atoms with Crippen molar-refractivity contribution < 1.29 is 32.4 Å². The molecule has 198 valence electrons. The van der Waals surface area contributed by atoms with Gasteiger partial charge >= 0.3 is 0 Å². The molecule has 0 saturated heterocycles. The summed E-state index contributed by atoms with van der Waals surface area (Å²) in [4.78, 5) is 28.9. The number of H-pyrrole nitrogens is 1. The molecule has 1 aliphatic rings. The van der Waals surface area contributed by atoms with Crippen LogP contribution in [0.4, 0.5) is 14.5 Å². The Morgan fingerprint density at radius 2 is 1.95 bits per heavy atom. The number of pyridine rings is 1. The maximum absolute atomic E-state index is 14.8. The highest BCUT2D eigenvalue weighted by Crippen LogP contribution is 2.36. The predicted octanol–water partition coefficient (Wildman–Crippen LogP) is 2.26. The third kappa shape index (κ3) is 4.60. The molecule has 2 aromatic heterocycles. The summed E-state index contributed by atoms with van der Waals surface area (Å²) in [6.45, 7) is 1.03. The number of aryl methyl sites for hydroxylation is 1. The van der Waals surface area contributed by atoms with Crippen LogP contribution in [-0.2, 0) is 16.6 Å². The number of aromatic nitrogens is 2. The standard InChI is InChI=1S/C25H22F2N4O6S/c1-13-9-18-21(11-20(13)27)30(12-14-10-15(31(34)35)4-7-19(14)26)23(22(18)17-3-2-8-28-24(17)32)25(33)29-38(36,37)16-5-6-16/h2-4,7-11,16,31,34H,5-6,12H2,1H3,(H,28,32)(H,29,33). The summed E-state index contributed by atoms with van der Waals surface area (Å²) in [5.41, 5.74) is -0.949. The number of nitrogens with zero attached hydrogens (tertiary/aromatic N) is 1. The summed E-state index contributed by atoms with van der Waals surface area (Å²) in [5, 5.41) is 19.1. The number of rotatable bonds is 7. The van der Waals surface area contributed by atoms with Crippen molar-refractivity contribution in [1.82, 2.24) is 14.3 Å².